The molecular formula is C27H43N5O7S. The number of ether oxygens (including phenoxy) is 1. The highest BCUT2D eigenvalue weighted by atomic mass is 32.2. The number of alkyl carbamates (subject to hydrolysis) is 1. The molecular weight excluding hydrogens is 538 g/mol. The Kier molecular flexibility index (Phi) is 9.13. The van der Waals surface area contributed by atoms with E-state index in [1.807, 2.05) is 12.2 Å². The van der Waals surface area contributed by atoms with E-state index in [2.05, 4.69) is 20.1 Å². The number of nitrogens with one attached hydrogen (secondary N) is 4. The standard InChI is InChI=1S/C27H43N5O7S/c1-26(2,3)39-25(36)29-20-11-8-6-4-5-7-10-19-16-27(19,24(35)31-40(37,38)28-17-18-13-14-18)30-22(33)21-12-9-15-32(21)23(20)34/h7,10,18-21,28H,4-6,8-9,11-17H2,1-3H3,(H,29,36)(H,30,33)(H,31,35)/b10-7-/t19-,20+,21?,27-/m1/s1. The zero-order valence-corrected chi connectivity index (χ0v) is 24.5. The molecule has 0 aromatic rings. The highest BCUT2D eigenvalue weighted by molar-refractivity contribution is 7.88. The fraction of sp³-hybridized carbons (Fsp3) is 0.778. The number of carbonyl (C=O) groups excluding carboxylic acids is 4. The summed E-state index contributed by atoms with van der Waals surface area (Å²) in [7, 11) is -4.08. The van der Waals surface area contributed by atoms with Gasteiger partial charge in [0.2, 0.25) is 11.8 Å². The van der Waals surface area contributed by atoms with Crippen LogP contribution in [0.2, 0.25) is 0 Å². The second-order valence-electron chi connectivity index (χ2n) is 12.5. The summed E-state index contributed by atoms with van der Waals surface area (Å²) >= 11 is 0. The van der Waals surface area contributed by atoms with Crippen LogP contribution < -0.4 is 20.1 Å². The molecule has 3 fully saturated rings. The summed E-state index contributed by atoms with van der Waals surface area (Å²) in [5, 5.41) is 5.52. The highest BCUT2D eigenvalue weighted by Crippen LogP contribution is 2.45. The van der Waals surface area contributed by atoms with E-state index in [9.17, 15) is 27.6 Å². The van der Waals surface area contributed by atoms with Gasteiger partial charge in [0.1, 0.15) is 23.2 Å². The minimum Gasteiger partial charge on any atom is -0.444 e. The van der Waals surface area contributed by atoms with Gasteiger partial charge in [-0.1, -0.05) is 25.0 Å². The van der Waals surface area contributed by atoms with Crippen LogP contribution in [0.3, 0.4) is 0 Å². The SMILES string of the molecule is CC(C)(C)OC(=O)N[C@H]1CCCCC/C=C\[C@@H]2C[C@@]2(C(=O)NS(=O)(=O)NCC2CC2)NC(=O)C2CCCN2C1=O. The Morgan fingerprint density at radius 2 is 1.85 bits per heavy atom. The molecule has 40 heavy (non-hydrogen) atoms. The third-order valence-corrected chi connectivity index (χ3v) is 8.81. The lowest BCUT2D eigenvalue weighted by molar-refractivity contribution is -0.141. The topological polar surface area (TPSA) is 163 Å². The second-order valence-corrected chi connectivity index (χ2v) is 14.0. The Labute approximate surface area is 236 Å². The molecule has 0 bridgehead atoms. The Bertz CT molecular complexity index is 1130. The summed E-state index contributed by atoms with van der Waals surface area (Å²) in [5.74, 6) is -1.73. The zero-order chi connectivity index (χ0) is 29.1. The molecule has 0 spiro atoms. The van der Waals surface area contributed by atoms with Gasteiger partial charge in [0.05, 0.1) is 0 Å². The van der Waals surface area contributed by atoms with E-state index >= 15 is 0 Å². The van der Waals surface area contributed by atoms with Crippen LogP contribution in [0.15, 0.2) is 12.2 Å². The monoisotopic (exact) mass is 581 g/mol. The summed E-state index contributed by atoms with van der Waals surface area (Å²) in [6.45, 7) is 5.83. The second kappa shape index (κ2) is 12.1. The first-order valence-electron chi connectivity index (χ1n) is 14.4. The molecule has 0 radical (unpaired) electrons. The number of carbonyl (C=O) groups is 4. The van der Waals surface area contributed by atoms with Gasteiger partial charge in [-0.2, -0.15) is 13.1 Å². The van der Waals surface area contributed by atoms with E-state index in [1.165, 1.54) is 4.90 Å². The van der Waals surface area contributed by atoms with Crippen LogP contribution in [0.4, 0.5) is 4.79 Å². The molecule has 1 saturated heterocycles. The van der Waals surface area contributed by atoms with Gasteiger partial charge in [0.25, 0.3) is 5.91 Å². The fourth-order valence-electron chi connectivity index (χ4n) is 5.34. The van der Waals surface area contributed by atoms with Crippen molar-refractivity contribution in [3.05, 3.63) is 12.2 Å². The number of hydrogen-bond donors (Lipinski definition) is 4. The molecule has 2 aliphatic heterocycles. The molecule has 2 heterocycles. The molecule has 0 aromatic heterocycles. The number of hydrogen-bond acceptors (Lipinski definition) is 7. The van der Waals surface area contributed by atoms with Gasteiger partial charge < -0.3 is 20.3 Å². The van der Waals surface area contributed by atoms with Crippen LogP contribution in [0.1, 0.15) is 85.0 Å². The van der Waals surface area contributed by atoms with Gasteiger partial charge >= 0.3 is 16.3 Å². The van der Waals surface area contributed by atoms with Crippen LogP contribution in [0.5, 0.6) is 0 Å². The van der Waals surface area contributed by atoms with Gasteiger partial charge in [-0.3, -0.25) is 14.4 Å². The minimum atomic E-state index is -4.08. The minimum absolute atomic E-state index is 0.267. The molecule has 4 rings (SSSR count). The van der Waals surface area contributed by atoms with Crippen LogP contribution in [-0.4, -0.2) is 73.4 Å². The number of rotatable bonds is 6. The number of amides is 4. The van der Waals surface area contributed by atoms with Gasteiger partial charge in [0.15, 0.2) is 0 Å². The Morgan fingerprint density at radius 3 is 2.55 bits per heavy atom. The third-order valence-electron chi connectivity index (χ3n) is 7.81. The first kappa shape index (κ1) is 30.3. The summed E-state index contributed by atoms with van der Waals surface area (Å²) in [6.07, 6.45) is 9.80. The number of fused-ring (bicyclic) bond motifs is 2. The molecule has 224 valence electrons. The van der Waals surface area contributed by atoms with Crippen LogP contribution in [0, 0.1) is 11.8 Å². The van der Waals surface area contributed by atoms with Crippen molar-refractivity contribution >= 4 is 34.0 Å². The molecule has 13 heteroatoms. The average molecular weight is 582 g/mol. The van der Waals surface area contributed by atoms with Crippen molar-refractivity contribution in [1.82, 2.24) is 25.0 Å². The number of nitrogens with zero attached hydrogens (tertiary/aromatic N) is 1. The normalized spacial score (nSPS) is 30.6. The van der Waals surface area contributed by atoms with Crippen molar-refractivity contribution in [1.29, 1.82) is 0 Å². The van der Waals surface area contributed by atoms with Crippen molar-refractivity contribution in [3.63, 3.8) is 0 Å². The predicted octanol–water partition coefficient (Wildman–Crippen LogP) is 1.63. The largest absolute Gasteiger partial charge is 0.444 e. The Hall–Kier alpha value is -2.67. The number of allylic oxidation sites excluding steroid dienone is 1. The van der Waals surface area contributed by atoms with Crippen molar-refractivity contribution in [3.8, 4) is 0 Å². The van der Waals surface area contributed by atoms with E-state index in [0.717, 1.165) is 32.1 Å². The predicted molar refractivity (Wildman–Crippen MR) is 147 cm³/mol. The van der Waals surface area contributed by atoms with E-state index < -0.39 is 51.3 Å². The Morgan fingerprint density at radius 1 is 1.10 bits per heavy atom. The Balaban J connectivity index is 1.51. The van der Waals surface area contributed by atoms with Crippen LogP contribution in [0.25, 0.3) is 0 Å². The summed E-state index contributed by atoms with van der Waals surface area (Å²) in [6, 6.07) is -1.68. The molecule has 4 N–H and O–H groups in total. The van der Waals surface area contributed by atoms with Crippen molar-refractivity contribution < 1.29 is 32.3 Å². The zero-order valence-electron chi connectivity index (χ0n) is 23.7. The molecule has 4 aliphatic rings. The molecule has 4 atom stereocenters. The maximum absolute atomic E-state index is 13.6. The first-order valence-corrected chi connectivity index (χ1v) is 15.9. The lowest BCUT2D eigenvalue weighted by Crippen LogP contribution is -2.59. The molecule has 4 amide bonds. The average Bonchev–Trinajstić information content (AvgIpc) is 3.75. The lowest BCUT2D eigenvalue weighted by Gasteiger charge is -2.30. The smallest absolute Gasteiger partial charge is 0.408 e. The van der Waals surface area contributed by atoms with Crippen molar-refractivity contribution in [2.75, 3.05) is 13.1 Å². The van der Waals surface area contributed by atoms with Gasteiger partial charge in [0, 0.05) is 19.0 Å². The summed E-state index contributed by atoms with van der Waals surface area (Å²) in [4.78, 5) is 54.5. The van der Waals surface area contributed by atoms with Crippen LogP contribution >= 0.6 is 0 Å². The molecule has 2 saturated carbocycles. The molecule has 2 aliphatic carbocycles. The molecule has 1 unspecified atom stereocenters. The fourth-order valence-corrected chi connectivity index (χ4v) is 6.30. The van der Waals surface area contributed by atoms with Gasteiger partial charge in [-0.15, -0.1) is 0 Å². The maximum Gasteiger partial charge on any atom is 0.408 e. The van der Waals surface area contributed by atoms with Crippen molar-refractivity contribution in [2.45, 2.75) is 108 Å². The molecule has 12 nitrogen and oxygen atoms in total. The van der Waals surface area contributed by atoms with Gasteiger partial charge in [-0.05, 0) is 78.1 Å². The summed E-state index contributed by atoms with van der Waals surface area (Å²) < 4.78 is 34.9. The van der Waals surface area contributed by atoms with Crippen molar-refractivity contribution in [2.24, 2.45) is 11.8 Å². The van der Waals surface area contributed by atoms with Gasteiger partial charge in [-0.25, -0.2) is 9.52 Å². The quantitative estimate of drug-likeness (QED) is 0.346. The highest BCUT2D eigenvalue weighted by Gasteiger charge is 2.61. The summed E-state index contributed by atoms with van der Waals surface area (Å²) in [5.41, 5.74) is -2.14. The van der Waals surface area contributed by atoms with E-state index in [-0.39, 0.29) is 24.8 Å². The third kappa shape index (κ3) is 7.96. The van der Waals surface area contributed by atoms with E-state index in [0.29, 0.717) is 38.1 Å². The van der Waals surface area contributed by atoms with E-state index in [1.54, 1.807) is 20.8 Å². The van der Waals surface area contributed by atoms with E-state index in [4.69, 9.17) is 4.74 Å². The first-order chi connectivity index (χ1) is 18.8. The lowest BCUT2D eigenvalue weighted by atomic mass is 10.0. The van der Waals surface area contributed by atoms with Crippen LogP contribution in [-0.2, 0) is 29.3 Å². The maximum atomic E-state index is 13.6. The molecule has 0 aromatic carbocycles.